The van der Waals surface area contributed by atoms with Crippen LogP contribution in [-0.4, -0.2) is 16.0 Å². The number of allylic oxidation sites excluding steroid dienone is 2. The molecule has 1 nitrogen and oxygen atoms in total. The van der Waals surface area contributed by atoms with Gasteiger partial charge in [-0.15, -0.1) is 0 Å². The second-order valence-corrected chi connectivity index (χ2v) is 3.65. The van der Waals surface area contributed by atoms with Crippen molar-refractivity contribution in [1.29, 1.82) is 0 Å². The molecule has 0 aromatic carbocycles. The molecule has 1 aliphatic rings. The first-order chi connectivity index (χ1) is 5.15. The molecular formula is C8H8OS2. The highest BCUT2D eigenvalue weighted by atomic mass is 32.1. The lowest BCUT2D eigenvalue weighted by Gasteiger charge is -2.15. The summed E-state index contributed by atoms with van der Waals surface area (Å²) in [6.07, 6.45) is 2.19. The van der Waals surface area contributed by atoms with Crippen LogP contribution in [0.15, 0.2) is 11.1 Å². The molecule has 0 aliphatic heterocycles. The second kappa shape index (κ2) is 3.32. The number of aldehydes is 1. The summed E-state index contributed by atoms with van der Waals surface area (Å²) in [7, 11) is 0. The standard InChI is InChI=1S/C8H8OS2/c1-5-6(4-9)2-7(10)3-8(5)11/h4H,2-3H2,1H3. The van der Waals surface area contributed by atoms with Gasteiger partial charge < -0.3 is 0 Å². The lowest BCUT2D eigenvalue weighted by atomic mass is 9.93. The third-order valence-corrected chi connectivity index (χ3v) is 2.53. The van der Waals surface area contributed by atoms with E-state index >= 15 is 0 Å². The van der Waals surface area contributed by atoms with Gasteiger partial charge in [0, 0.05) is 28.1 Å². The third kappa shape index (κ3) is 1.79. The van der Waals surface area contributed by atoms with Gasteiger partial charge in [-0.2, -0.15) is 0 Å². The van der Waals surface area contributed by atoms with Gasteiger partial charge in [0.15, 0.2) is 0 Å². The molecular weight excluding hydrogens is 176 g/mol. The molecule has 0 amide bonds. The summed E-state index contributed by atoms with van der Waals surface area (Å²) in [5.41, 5.74) is 1.70. The minimum atomic E-state index is 0.630. The van der Waals surface area contributed by atoms with Crippen LogP contribution in [0.25, 0.3) is 0 Å². The maximum absolute atomic E-state index is 10.5. The summed E-state index contributed by atoms with van der Waals surface area (Å²) in [4.78, 5) is 12.2. The van der Waals surface area contributed by atoms with Crippen LogP contribution in [0.2, 0.25) is 0 Å². The van der Waals surface area contributed by atoms with E-state index in [1.807, 2.05) is 6.92 Å². The van der Waals surface area contributed by atoms with Crippen molar-refractivity contribution in [3.8, 4) is 0 Å². The fourth-order valence-corrected chi connectivity index (χ4v) is 1.72. The SMILES string of the molecule is CC1=C(C=O)CC(=S)CC1=S. The van der Waals surface area contributed by atoms with Gasteiger partial charge in [-0.25, -0.2) is 0 Å². The summed E-state index contributed by atoms with van der Waals surface area (Å²) in [5.74, 6) is 0. The van der Waals surface area contributed by atoms with Gasteiger partial charge in [-0.3, -0.25) is 4.79 Å². The van der Waals surface area contributed by atoms with E-state index in [0.29, 0.717) is 12.8 Å². The molecule has 0 atom stereocenters. The first-order valence-electron chi connectivity index (χ1n) is 3.35. The highest BCUT2D eigenvalue weighted by molar-refractivity contribution is 7.82. The van der Waals surface area contributed by atoms with E-state index in [1.165, 1.54) is 0 Å². The van der Waals surface area contributed by atoms with Crippen molar-refractivity contribution in [2.45, 2.75) is 19.8 Å². The van der Waals surface area contributed by atoms with Crippen LogP contribution in [-0.2, 0) is 4.79 Å². The van der Waals surface area contributed by atoms with Crippen LogP contribution in [0, 0.1) is 0 Å². The molecule has 0 saturated heterocycles. The zero-order valence-corrected chi connectivity index (χ0v) is 7.85. The average Bonchev–Trinajstić information content (AvgIpc) is 1.96. The molecule has 58 valence electrons. The lowest BCUT2D eigenvalue weighted by molar-refractivity contribution is -0.105. The van der Waals surface area contributed by atoms with E-state index in [4.69, 9.17) is 24.4 Å². The van der Waals surface area contributed by atoms with Gasteiger partial charge >= 0.3 is 0 Å². The van der Waals surface area contributed by atoms with E-state index in [-0.39, 0.29) is 0 Å². The Kier molecular flexibility index (Phi) is 2.62. The summed E-state index contributed by atoms with van der Waals surface area (Å²) < 4.78 is 0. The number of rotatable bonds is 1. The Morgan fingerprint density at radius 1 is 1.36 bits per heavy atom. The average molecular weight is 184 g/mol. The zero-order valence-electron chi connectivity index (χ0n) is 6.22. The molecule has 0 aromatic rings. The molecule has 1 aliphatic carbocycles. The van der Waals surface area contributed by atoms with E-state index < -0.39 is 0 Å². The van der Waals surface area contributed by atoms with E-state index in [0.717, 1.165) is 27.2 Å². The Morgan fingerprint density at radius 2 is 2.00 bits per heavy atom. The van der Waals surface area contributed by atoms with Crippen molar-refractivity contribution < 1.29 is 4.79 Å². The maximum Gasteiger partial charge on any atom is 0.146 e. The molecule has 1 rings (SSSR count). The Balaban J connectivity index is 3.03. The molecule has 0 bridgehead atoms. The minimum absolute atomic E-state index is 0.630. The van der Waals surface area contributed by atoms with Crippen molar-refractivity contribution in [2.75, 3.05) is 0 Å². The molecule has 0 N–H and O–H groups in total. The van der Waals surface area contributed by atoms with Gasteiger partial charge in [0.2, 0.25) is 0 Å². The Hall–Kier alpha value is -0.410. The largest absolute Gasteiger partial charge is 0.298 e. The van der Waals surface area contributed by atoms with Crippen molar-refractivity contribution in [3.05, 3.63) is 11.1 Å². The van der Waals surface area contributed by atoms with Crippen molar-refractivity contribution in [2.24, 2.45) is 0 Å². The molecule has 0 heterocycles. The molecule has 0 radical (unpaired) electrons. The maximum atomic E-state index is 10.5. The van der Waals surface area contributed by atoms with Gasteiger partial charge in [0.1, 0.15) is 6.29 Å². The van der Waals surface area contributed by atoms with Crippen LogP contribution in [0.1, 0.15) is 19.8 Å². The van der Waals surface area contributed by atoms with Crippen LogP contribution >= 0.6 is 24.4 Å². The third-order valence-electron chi connectivity index (χ3n) is 1.79. The molecule has 0 fully saturated rings. The first kappa shape index (κ1) is 8.68. The number of thiocarbonyl (C=S) groups is 2. The monoisotopic (exact) mass is 184 g/mol. The molecule has 3 heteroatoms. The fraction of sp³-hybridized carbons (Fsp3) is 0.375. The van der Waals surface area contributed by atoms with Gasteiger partial charge in [-0.05, 0) is 12.5 Å². The zero-order chi connectivity index (χ0) is 8.43. The summed E-state index contributed by atoms with van der Waals surface area (Å²) in [6.45, 7) is 1.88. The number of carbonyl (C=O) groups excluding carboxylic acids is 1. The smallest absolute Gasteiger partial charge is 0.146 e. The fourth-order valence-electron chi connectivity index (χ4n) is 1.03. The number of carbonyl (C=O) groups is 1. The minimum Gasteiger partial charge on any atom is -0.298 e. The molecule has 0 aromatic heterocycles. The number of hydrogen-bond donors (Lipinski definition) is 0. The highest BCUT2D eigenvalue weighted by Gasteiger charge is 2.16. The lowest BCUT2D eigenvalue weighted by Crippen LogP contribution is -2.15. The summed E-state index contributed by atoms with van der Waals surface area (Å²) >= 11 is 10.0. The predicted octanol–water partition coefficient (Wildman–Crippen LogP) is 2.04. The van der Waals surface area contributed by atoms with E-state index in [1.54, 1.807) is 0 Å². The normalized spacial score (nSPS) is 19.0. The Labute approximate surface area is 76.5 Å². The molecule has 11 heavy (non-hydrogen) atoms. The quantitative estimate of drug-likeness (QED) is 0.458. The van der Waals surface area contributed by atoms with Crippen LogP contribution in [0.3, 0.4) is 0 Å². The van der Waals surface area contributed by atoms with Crippen molar-refractivity contribution >= 4 is 40.5 Å². The van der Waals surface area contributed by atoms with Crippen LogP contribution in [0.5, 0.6) is 0 Å². The molecule has 0 saturated carbocycles. The Morgan fingerprint density at radius 3 is 2.55 bits per heavy atom. The number of hydrogen-bond acceptors (Lipinski definition) is 3. The van der Waals surface area contributed by atoms with Gasteiger partial charge in [-0.1, -0.05) is 24.4 Å². The summed E-state index contributed by atoms with van der Waals surface area (Å²) in [6, 6.07) is 0. The molecule has 0 unspecified atom stereocenters. The Bertz CT molecular complexity index is 263. The van der Waals surface area contributed by atoms with Gasteiger partial charge in [0.25, 0.3) is 0 Å². The van der Waals surface area contributed by atoms with E-state index in [2.05, 4.69) is 0 Å². The van der Waals surface area contributed by atoms with Crippen LogP contribution < -0.4 is 0 Å². The predicted molar refractivity (Wildman–Crippen MR) is 53.2 cm³/mol. The first-order valence-corrected chi connectivity index (χ1v) is 4.16. The summed E-state index contributed by atoms with van der Waals surface area (Å²) in [5, 5.41) is 0. The van der Waals surface area contributed by atoms with Crippen LogP contribution in [0.4, 0.5) is 0 Å². The molecule has 0 spiro atoms. The van der Waals surface area contributed by atoms with Crippen molar-refractivity contribution in [1.82, 2.24) is 0 Å². The highest BCUT2D eigenvalue weighted by Crippen LogP contribution is 2.19. The topological polar surface area (TPSA) is 17.1 Å². The second-order valence-electron chi connectivity index (χ2n) is 2.58. The van der Waals surface area contributed by atoms with E-state index in [9.17, 15) is 4.79 Å². The van der Waals surface area contributed by atoms with Gasteiger partial charge in [0.05, 0.1) is 0 Å². The van der Waals surface area contributed by atoms with Crippen molar-refractivity contribution in [3.63, 3.8) is 0 Å².